The lowest BCUT2D eigenvalue weighted by Gasteiger charge is -2.28. The molecule has 11 nitrogen and oxygen atoms in total. The number of nitro benzene ring substituents is 1. The Morgan fingerprint density at radius 1 is 1.14 bits per heavy atom. The van der Waals surface area contributed by atoms with E-state index in [0.717, 1.165) is 4.57 Å². The fourth-order valence-electron chi connectivity index (χ4n) is 4.94. The van der Waals surface area contributed by atoms with Crippen molar-refractivity contribution in [2.45, 2.75) is 19.6 Å². The summed E-state index contributed by atoms with van der Waals surface area (Å²) in [4.78, 5) is 37.7. The maximum absolute atomic E-state index is 13.5. The van der Waals surface area contributed by atoms with Crippen LogP contribution in [0.15, 0.2) is 46.0 Å². The molecular formula is C25H24N4O7. The van der Waals surface area contributed by atoms with E-state index in [1.54, 1.807) is 38.2 Å². The number of phenolic OH excluding ortho intramolecular Hbond substituents is 1. The van der Waals surface area contributed by atoms with Gasteiger partial charge in [-0.15, -0.1) is 0 Å². The molecule has 0 bridgehead atoms. The number of aryl methyl sites for hydroxylation is 2. The van der Waals surface area contributed by atoms with E-state index >= 15 is 0 Å². The van der Waals surface area contributed by atoms with Gasteiger partial charge in [0.1, 0.15) is 6.10 Å². The normalized spacial score (nSPS) is 15.2. The first-order valence-corrected chi connectivity index (χ1v) is 11.2. The van der Waals surface area contributed by atoms with E-state index in [-0.39, 0.29) is 29.2 Å². The molecule has 0 saturated carbocycles. The number of rotatable bonds is 4. The van der Waals surface area contributed by atoms with Gasteiger partial charge in [-0.05, 0) is 24.6 Å². The largest absolute Gasteiger partial charge is 0.504 e. The molecule has 0 spiro atoms. The van der Waals surface area contributed by atoms with E-state index in [2.05, 4.69) is 0 Å². The summed E-state index contributed by atoms with van der Waals surface area (Å²) in [5, 5.41) is 22.0. The van der Waals surface area contributed by atoms with Gasteiger partial charge in [-0.1, -0.05) is 18.2 Å². The van der Waals surface area contributed by atoms with Gasteiger partial charge in [0.15, 0.2) is 11.5 Å². The van der Waals surface area contributed by atoms with Gasteiger partial charge in [0.25, 0.3) is 11.2 Å². The van der Waals surface area contributed by atoms with Crippen LogP contribution in [0.3, 0.4) is 0 Å². The molecule has 0 fully saturated rings. The molecule has 2 aromatic carbocycles. The first-order valence-electron chi connectivity index (χ1n) is 11.2. The summed E-state index contributed by atoms with van der Waals surface area (Å²) in [5.41, 5.74) is 2.00. The number of hydrogen-bond acceptors (Lipinski definition) is 7. The van der Waals surface area contributed by atoms with Crippen LogP contribution in [0.2, 0.25) is 0 Å². The number of nitrogens with zero attached hydrogens (tertiary/aromatic N) is 4. The van der Waals surface area contributed by atoms with Crippen molar-refractivity contribution in [3.05, 3.63) is 84.2 Å². The van der Waals surface area contributed by atoms with Gasteiger partial charge in [0.2, 0.25) is 0 Å². The summed E-state index contributed by atoms with van der Waals surface area (Å²) in [6, 6.07) is 9.66. The van der Waals surface area contributed by atoms with Gasteiger partial charge in [-0.2, -0.15) is 0 Å². The predicted molar refractivity (Wildman–Crippen MR) is 132 cm³/mol. The molecular weight excluding hydrogens is 468 g/mol. The summed E-state index contributed by atoms with van der Waals surface area (Å²) in [7, 11) is 4.42. The number of fused-ring (bicyclic) bond motifs is 3. The maximum atomic E-state index is 13.5. The Bertz CT molecular complexity index is 1680. The Morgan fingerprint density at radius 3 is 2.58 bits per heavy atom. The number of hydrogen-bond donors (Lipinski definition) is 1. The smallest absolute Gasteiger partial charge is 0.331 e. The van der Waals surface area contributed by atoms with Crippen LogP contribution in [0.25, 0.3) is 22.2 Å². The second-order valence-corrected chi connectivity index (χ2v) is 8.76. The molecule has 3 heterocycles. The number of nitro groups is 1. The van der Waals surface area contributed by atoms with Crippen molar-refractivity contribution in [3.8, 4) is 22.8 Å². The number of methoxy groups -OCH3 is 1. The predicted octanol–water partition coefficient (Wildman–Crippen LogP) is 2.76. The molecule has 11 heteroatoms. The average molecular weight is 492 g/mol. The second kappa shape index (κ2) is 8.38. The molecule has 1 N–H and O–H groups in total. The quantitative estimate of drug-likeness (QED) is 0.342. The minimum absolute atomic E-state index is 0.0359. The highest BCUT2D eigenvalue weighted by Gasteiger charge is 2.34. The Kier molecular flexibility index (Phi) is 5.44. The second-order valence-electron chi connectivity index (χ2n) is 8.76. The minimum atomic E-state index is -0.692. The third kappa shape index (κ3) is 3.31. The molecule has 1 atom stereocenters. The van der Waals surface area contributed by atoms with Gasteiger partial charge >= 0.3 is 5.69 Å². The minimum Gasteiger partial charge on any atom is -0.504 e. The molecule has 0 saturated heterocycles. The van der Waals surface area contributed by atoms with Crippen molar-refractivity contribution in [1.82, 2.24) is 13.7 Å². The summed E-state index contributed by atoms with van der Waals surface area (Å²) in [5.74, 6) is 0.217. The first kappa shape index (κ1) is 23.4. The summed E-state index contributed by atoms with van der Waals surface area (Å²) in [6.07, 6.45) is -0.692. The fourth-order valence-corrected chi connectivity index (χ4v) is 4.94. The van der Waals surface area contributed by atoms with E-state index in [0.29, 0.717) is 40.1 Å². The fraction of sp³-hybridized carbons (Fsp3) is 0.280. The molecule has 0 amide bonds. The summed E-state index contributed by atoms with van der Waals surface area (Å²) >= 11 is 0. The highest BCUT2D eigenvalue weighted by Crippen LogP contribution is 2.42. The molecule has 36 heavy (non-hydrogen) atoms. The monoisotopic (exact) mass is 492 g/mol. The zero-order chi connectivity index (χ0) is 25.9. The van der Waals surface area contributed by atoms with Crippen LogP contribution in [0.1, 0.15) is 22.9 Å². The van der Waals surface area contributed by atoms with Crippen LogP contribution in [0.4, 0.5) is 5.69 Å². The van der Waals surface area contributed by atoms with Gasteiger partial charge in [-0.25, -0.2) is 4.79 Å². The van der Waals surface area contributed by atoms with E-state index in [4.69, 9.17) is 9.47 Å². The van der Waals surface area contributed by atoms with Crippen LogP contribution in [-0.2, 0) is 25.4 Å². The molecule has 0 radical (unpaired) electrons. The summed E-state index contributed by atoms with van der Waals surface area (Å²) < 4.78 is 15.7. The highest BCUT2D eigenvalue weighted by molar-refractivity contribution is 5.97. The standard InChI is InChI=1S/C25H24N4O7/c1-13-5-6-14(11-16(13)29(33)34)20-19-21(26(2)25(32)27(3)24(19)31)22-23(36-10-9-28(20)22)15-7-8-17(30)18(12-15)35-4/h5-8,11-12,23,30H,9-10H2,1-4H3/t23-/m1/s1. The van der Waals surface area contributed by atoms with Gasteiger partial charge in [0, 0.05) is 37.8 Å². The highest BCUT2D eigenvalue weighted by atomic mass is 16.6. The third-order valence-corrected chi connectivity index (χ3v) is 6.74. The van der Waals surface area contributed by atoms with Crippen molar-refractivity contribution in [2.75, 3.05) is 13.7 Å². The van der Waals surface area contributed by atoms with Crippen molar-refractivity contribution < 1.29 is 19.5 Å². The van der Waals surface area contributed by atoms with Crippen LogP contribution in [0.5, 0.6) is 11.5 Å². The summed E-state index contributed by atoms with van der Waals surface area (Å²) in [6.45, 7) is 2.31. The van der Waals surface area contributed by atoms with Crippen LogP contribution >= 0.6 is 0 Å². The molecule has 4 aromatic rings. The molecule has 0 unspecified atom stereocenters. The lowest BCUT2D eigenvalue weighted by molar-refractivity contribution is -0.385. The molecule has 1 aliphatic heterocycles. The third-order valence-electron chi connectivity index (χ3n) is 6.74. The van der Waals surface area contributed by atoms with E-state index in [1.165, 1.54) is 30.9 Å². The van der Waals surface area contributed by atoms with Crippen molar-refractivity contribution >= 4 is 16.6 Å². The lowest BCUT2D eigenvalue weighted by atomic mass is 10.0. The topological polar surface area (TPSA) is 131 Å². The van der Waals surface area contributed by atoms with Crippen molar-refractivity contribution in [3.63, 3.8) is 0 Å². The zero-order valence-electron chi connectivity index (χ0n) is 20.1. The number of benzene rings is 2. The molecule has 2 aromatic heterocycles. The van der Waals surface area contributed by atoms with Crippen LogP contribution in [-0.4, -0.2) is 37.4 Å². The number of aromatic nitrogens is 3. The Hall–Kier alpha value is -4.38. The van der Waals surface area contributed by atoms with Crippen molar-refractivity contribution in [1.29, 1.82) is 0 Å². The molecule has 186 valence electrons. The van der Waals surface area contributed by atoms with E-state index in [9.17, 15) is 24.8 Å². The van der Waals surface area contributed by atoms with Crippen LogP contribution < -0.4 is 16.0 Å². The lowest BCUT2D eigenvalue weighted by Crippen LogP contribution is -2.37. The SMILES string of the molecule is COc1cc([C@H]2OCCn3c(-c4ccc(C)c([N+](=O)[O-])c4)c4c(=O)n(C)c(=O)n(C)c4c32)ccc1O. The maximum Gasteiger partial charge on any atom is 0.331 e. The van der Waals surface area contributed by atoms with Gasteiger partial charge in [-0.3, -0.25) is 24.0 Å². The number of aromatic hydroxyl groups is 1. The van der Waals surface area contributed by atoms with E-state index in [1.807, 2.05) is 4.57 Å². The first-order chi connectivity index (χ1) is 17.1. The Balaban J connectivity index is 1.91. The Morgan fingerprint density at radius 2 is 1.89 bits per heavy atom. The van der Waals surface area contributed by atoms with Crippen LogP contribution in [0, 0.1) is 17.0 Å². The molecule has 5 rings (SSSR count). The van der Waals surface area contributed by atoms with E-state index < -0.39 is 22.3 Å². The van der Waals surface area contributed by atoms with Gasteiger partial charge in [0.05, 0.1) is 40.9 Å². The van der Waals surface area contributed by atoms with Crippen molar-refractivity contribution in [2.24, 2.45) is 14.1 Å². The Labute approximate surface area is 204 Å². The van der Waals surface area contributed by atoms with Gasteiger partial charge < -0.3 is 19.1 Å². The average Bonchev–Trinajstić information content (AvgIpc) is 3.22. The molecule has 1 aliphatic rings. The number of ether oxygens (including phenoxy) is 2. The molecule has 0 aliphatic carbocycles. The zero-order valence-corrected chi connectivity index (χ0v) is 20.1. The number of phenols is 1.